The number of fused-ring (bicyclic) bond motifs is 1. The zero-order chi connectivity index (χ0) is 16.4. The molecule has 0 saturated carbocycles. The molecule has 118 valence electrons. The molecule has 1 unspecified atom stereocenters. The third kappa shape index (κ3) is 2.64. The number of esters is 1. The lowest BCUT2D eigenvalue weighted by molar-refractivity contribution is -0.166. The van der Waals surface area contributed by atoms with Gasteiger partial charge in [-0.1, -0.05) is 41.9 Å². The molecule has 2 aromatic carbocycles. The zero-order valence-electron chi connectivity index (χ0n) is 12.9. The number of benzene rings is 2. The van der Waals surface area contributed by atoms with E-state index in [1.54, 1.807) is 12.1 Å². The minimum Gasteiger partial charge on any atom is -0.467 e. The lowest BCUT2D eigenvalue weighted by Crippen LogP contribution is -2.42. The average molecular weight is 330 g/mol. The van der Waals surface area contributed by atoms with Crippen LogP contribution in [0.5, 0.6) is 0 Å². The van der Waals surface area contributed by atoms with Gasteiger partial charge in [-0.05, 0) is 23.8 Å². The second kappa shape index (κ2) is 6.14. The maximum Gasteiger partial charge on any atom is 0.343 e. The van der Waals surface area contributed by atoms with Gasteiger partial charge < -0.3 is 9.47 Å². The summed E-state index contributed by atoms with van der Waals surface area (Å²) in [6.07, 6.45) is 0.300. The Bertz CT molecular complexity index is 770. The molecule has 1 aliphatic heterocycles. The number of aliphatic imine (C=N–C) groups is 1. The molecule has 4 nitrogen and oxygen atoms in total. The van der Waals surface area contributed by atoms with Crippen LogP contribution in [0.25, 0.3) is 0 Å². The van der Waals surface area contributed by atoms with Crippen LogP contribution in [-0.2, 0) is 19.9 Å². The van der Waals surface area contributed by atoms with Crippen molar-refractivity contribution < 1.29 is 14.3 Å². The Balaban J connectivity index is 2.17. The molecule has 0 bridgehead atoms. The van der Waals surface area contributed by atoms with E-state index in [1.807, 2.05) is 36.4 Å². The first-order valence-electron chi connectivity index (χ1n) is 7.17. The van der Waals surface area contributed by atoms with Gasteiger partial charge in [0.15, 0.2) is 5.60 Å². The van der Waals surface area contributed by atoms with E-state index in [-0.39, 0.29) is 0 Å². The zero-order valence-corrected chi connectivity index (χ0v) is 13.6. The van der Waals surface area contributed by atoms with E-state index < -0.39 is 11.6 Å². The molecule has 1 aliphatic rings. The van der Waals surface area contributed by atoms with Crippen LogP contribution in [0.15, 0.2) is 53.5 Å². The predicted molar refractivity (Wildman–Crippen MR) is 89.4 cm³/mol. The first kappa shape index (κ1) is 15.7. The van der Waals surface area contributed by atoms with Crippen molar-refractivity contribution in [1.82, 2.24) is 0 Å². The van der Waals surface area contributed by atoms with Crippen molar-refractivity contribution >= 4 is 29.0 Å². The highest BCUT2D eigenvalue weighted by Crippen LogP contribution is 2.42. The van der Waals surface area contributed by atoms with E-state index >= 15 is 0 Å². The van der Waals surface area contributed by atoms with E-state index in [0.717, 1.165) is 11.3 Å². The summed E-state index contributed by atoms with van der Waals surface area (Å²) in [5.41, 5.74) is 1.88. The molecule has 0 radical (unpaired) electrons. The molecule has 3 rings (SSSR count). The molecule has 0 amide bonds. The van der Waals surface area contributed by atoms with Crippen molar-refractivity contribution in [2.24, 2.45) is 4.99 Å². The van der Waals surface area contributed by atoms with Crippen LogP contribution in [0.1, 0.15) is 17.5 Å². The Morgan fingerprint density at radius 3 is 2.48 bits per heavy atom. The highest BCUT2D eigenvalue weighted by atomic mass is 35.5. The van der Waals surface area contributed by atoms with Crippen molar-refractivity contribution in [2.75, 3.05) is 14.2 Å². The van der Waals surface area contributed by atoms with Crippen molar-refractivity contribution in [3.63, 3.8) is 0 Å². The van der Waals surface area contributed by atoms with Crippen molar-refractivity contribution in [3.05, 3.63) is 64.7 Å². The minimum atomic E-state index is -1.19. The van der Waals surface area contributed by atoms with Gasteiger partial charge in [-0.3, -0.25) is 4.99 Å². The summed E-state index contributed by atoms with van der Waals surface area (Å²) in [5.74, 6) is -0.436. The number of para-hydroxylation sites is 1. The predicted octanol–water partition coefficient (Wildman–Crippen LogP) is 3.88. The van der Waals surface area contributed by atoms with E-state index in [1.165, 1.54) is 14.2 Å². The van der Waals surface area contributed by atoms with Crippen LogP contribution in [-0.4, -0.2) is 25.9 Å². The molecule has 23 heavy (non-hydrogen) atoms. The van der Waals surface area contributed by atoms with Gasteiger partial charge >= 0.3 is 5.97 Å². The van der Waals surface area contributed by atoms with Gasteiger partial charge in [0.2, 0.25) is 0 Å². The van der Waals surface area contributed by atoms with Crippen LogP contribution < -0.4 is 0 Å². The summed E-state index contributed by atoms with van der Waals surface area (Å²) in [7, 11) is 2.87. The topological polar surface area (TPSA) is 47.9 Å². The van der Waals surface area contributed by atoms with Crippen LogP contribution in [0, 0.1) is 0 Å². The summed E-state index contributed by atoms with van der Waals surface area (Å²) in [6.45, 7) is 0. The van der Waals surface area contributed by atoms with Gasteiger partial charge in [-0.2, -0.15) is 0 Å². The van der Waals surface area contributed by atoms with Gasteiger partial charge in [0, 0.05) is 24.1 Å². The van der Waals surface area contributed by atoms with Crippen molar-refractivity contribution in [1.29, 1.82) is 0 Å². The molecule has 0 spiro atoms. The molecule has 1 atom stereocenters. The van der Waals surface area contributed by atoms with E-state index in [2.05, 4.69) is 0 Å². The van der Waals surface area contributed by atoms with Gasteiger partial charge in [0.1, 0.15) is 0 Å². The summed E-state index contributed by atoms with van der Waals surface area (Å²) in [6, 6.07) is 14.8. The van der Waals surface area contributed by atoms with E-state index in [0.29, 0.717) is 22.7 Å². The molecule has 0 fully saturated rings. The number of rotatable bonds is 3. The van der Waals surface area contributed by atoms with Gasteiger partial charge in [-0.15, -0.1) is 0 Å². The van der Waals surface area contributed by atoms with Gasteiger partial charge in [-0.25, -0.2) is 4.79 Å². The molecule has 5 heteroatoms. The van der Waals surface area contributed by atoms with E-state index in [9.17, 15) is 4.79 Å². The quantitative estimate of drug-likeness (QED) is 0.803. The fourth-order valence-corrected chi connectivity index (χ4v) is 2.98. The van der Waals surface area contributed by atoms with Crippen LogP contribution in [0.4, 0.5) is 5.69 Å². The van der Waals surface area contributed by atoms with Gasteiger partial charge in [0.25, 0.3) is 0 Å². The maximum absolute atomic E-state index is 12.5. The molecule has 0 saturated heterocycles. The first-order valence-corrected chi connectivity index (χ1v) is 7.55. The highest BCUT2D eigenvalue weighted by molar-refractivity contribution is 6.30. The summed E-state index contributed by atoms with van der Waals surface area (Å²) in [4.78, 5) is 17.2. The molecule has 0 aromatic heterocycles. The number of carbonyl (C=O) groups excluding carboxylic acids is 1. The molecule has 1 heterocycles. The fraction of sp³-hybridized carbons (Fsp3) is 0.222. The third-order valence-electron chi connectivity index (χ3n) is 4.05. The Labute approximate surface area is 139 Å². The van der Waals surface area contributed by atoms with Crippen LogP contribution in [0.2, 0.25) is 5.02 Å². The normalized spacial score (nSPS) is 19.7. The van der Waals surface area contributed by atoms with Gasteiger partial charge in [0.05, 0.1) is 18.5 Å². The molecular weight excluding hydrogens is 314 g/mol. The summed E-state index contributed by atoms with van der Waals surface area (Å²) >= 11 is 5.95. The monoisotopic (exact) mass is 329 g/mol. The third-order valence-corrected chi connectivity index (χ3v) is 4.30. The first-order chi connectivity index (χ1) is 11.1. The number of hydrogen-bond donors (Lipinski definition) is 0. The number of nitrogens with zero attached hydrogens (tertiary/aromatic N) is 1. The molecule has 0 aliphatic carbocycles. The summed E-state index contributed by atoms with van der Waals surface area (Å²) < 4.78 is 10.7. The maximum atomic E-state index is 12.5. The lowest BCUT2D eigenvalue weighted by Gasteiger charge is -2.34. The standard InChI is InChI=1S/C18H16ClNO3/c1-22-17(21)18(23-2)11-16(12-7-9-13(19)10-8-12)20-15-6-4-3-5-14(15)18/h3-10H,11H2,1-2H3. The number of carbonyl (C=O) groups is 1. The van der Waals surface area contributed by atoms with Crippen molar-refractivity contribution in [2.45, 2.75) is 12.0 Å². The number of hydrogen-bond acceptors (Lipinski definition) is 4. The highest BCUT2D eigenvalue weighted by Gasteiger charge is 2.46. The Hall–Kier alpha value is -2.17. The van der Waals surface area contributed by atoms with Crippen LogP contribution in [0.3, 0.4) is 0 Å². The number of ether oxygens (including phenoxy) is 2. The Morgan fingerprint density at radius 1 is 1.13 bits per heavy atom. The molecule has 0 N–H and O–H groups in total. The Morgan fingerprint density at radius 2 is 1.83 bits per heavy atom. The SMILES string of the molecule is COC(=O)C1(OC)CC(c2ccc(Cl)cc2)=Nc2ccccc21. The second-order valence-corrected chi connectivity index (χ2v) is 5.72. The smallest absolute Gasteiger partial charge is 0.343 e. The lowest BCUT2D eigenvalue weighted by atomic mass is 9.83. The molecular formula is C18H16ClNO3. The molecule has 2 aromatic rings. The van der Waals surface area contributed by atoms with Crippen molar-refractivity contribution in [3.8, 4) is 0 Å². The fourth-order valence-electron chi connectivity index (χ4n) is 2.85. The average Bonchev–Trinajstić information content (AvgIpc) is 2.60. The van der Waals surface area contributed by atoms with Crippen LogP contribution >= 0.6 is 11.6 Å². The Kier molecular flexibility index (Phi) is 4.20. The number of halogens is 1. The summed E-state index contributed by atoms with van der Waals surface area (Å²) in [5, 5.41) is 0.650. The number of methoxy groups -OCH3 is 2. The minimum absolute atomic E-state index is 0.300. The van der Waals surface area contributed by atoms with E-state index in [4.69, 9.17) is 26.1 Å². The largest absolute Gasteiger partial charge is 0.467 e. The second-order valence-electron chi connectivity index (χ2n) is 5.28.